The molecule has 1 aliphatic heterocycles. The fraction of sp³-hybridized carbons (Fsp3) is 0.600. The van der Waals surface area contributed by atoms with Crippen molar-refractivity contribution in [2.24, 2.45) is 0 Å². The van der Waals surface area contributed by atoms with E-state index in [4.69, 9.17) is 4.74 Å². The van der Waals surface area contributed by atoms with Gasteiger partial charge in [-0.05, 0) is 44.9 Å². The molecule has 0 saturated carbocycles. The van der Waals surface area contributed by atoms with Crippen LogP contribution < -0.4 is 4.74 Å². The molecule has 2 atom stereocenters. The maximum atomic E-state index is 5.46. The summed E-state index contributed by atoms with van der Waals surface area (Å²) in [5.74, 6) is 0.989. The van der Waals surface area contributed by atoms with Gasteiger partial charge in [0.15, 0.2) is 0 Å². The number of hydrogen-bond acceptors (Lipinski definition) is 2. The molecule has 1 saturated heterocycles. The van der Waals surface area contributed by atoms with Crippen LogP contribution in [0.1, 0.15) is 38.7 Å². The standard InChI is InChI=1S/C15H22BrNO/c1-11-5-4-6-12(2)17(11)10-13-9-14(16)7-8-15(13)18-3/h7-9,11-12H,4-6,10H2,1-3H3/t11-,12+. The number of likely N-dealkylation sites (tertiary alicyclic amines) is 1. The highest BCUT2D eigenvalue weighted by atomic mass is 79.9. The van der Waals surface area contributed by atoms with Gasteiger partial charge in [-0.2, -0.15) is 0 Å². The van der Waals surface area contributed by atoms with Gasteiger partial charge in [0.2, 0.25) is 0 Å². The van der Waals surface area contributed by atoms with E-state index in [1.165, 1.54) is 24.8 Å². The summed E-state index contributed by atoms with van der Waals surface area (Å²) in [6, 6.07) is 7.58. The number of benzene rings is 1. The maximum absolute atomic E-state index is 5.46. The van der Waals surface area contributed by atoms with Crippen molar-refractivity contribution in [3.8, 4) is 5.75 Å². The van der Waals surface area contributed by atoms with Gasteiger partial charge in [0.25, 0.3) is 0 Å². The van der Waals surface area contributed by atoms with Crippen LogP contribution in [0.25, 0.3) is 0 Å². The first-order chi connectivity index (χ1) is 8.61. The third-order valence-corrected chi connectivity index (χ3v) is 4.46. The molecule has 1 heterocycles. The van der Waals surface area contributed by atoms with Crippen molar-refractivity contribution in [3.63, 3.8) is 0 Å². The summed E-state index contributed by atoms with van der Waals surface area (Å²) >= 11 is 3.55. The number of rotatable bonds is 3. The van der Waals surface area contributed by atoms with E-state index >= 15 is 0 Å². The summed E-state index contributed by atoms with van der Waals surface area (Å²) in [5, 5.41) is 0. The van der Waals surface area contributed by atoms with Crippen molar-refractivity contribution in [1.82, 2.24) is 4.90 Å². The molecule has 1 aliphatic rings. The highest BCUT2D eigenvalue weighted by Gasteiger charge is 2.25. The molecule has 0 aromatic heterocycles. The highest BCUT2D eigenvalue weighted by molar-refractivity contribution is 9.10. The quantitative estimate of drug-likeness (QED) is 0.828. The van der Waals surface area contributed by atoms with E-state index < -0.39 is 0 Å². The van der Waals surface area contributed by atoms with Crippen LogP contribution >= 0.6 is 15.9 Å². The van der Waals surface area contributed by atoms with Gasteiger partial charge < -0.3 is 4.74 Å². The van der Waals surface area contributed by atoms with Gasteiger partial charge >= 0.3 is 0 Å². The van der Waals surface area contributed by atoms with E-state index in [9.17, 15) is 0 Å². The Morgan fingerprint density at radius 1 is 1.28 bits per heavy atom. The molecule has 100 valence electrons. The zero-order valence-electron chi connectivity index (χ0n) is 11.4. The molecule has 18 heavy (non-hydrogen) atoms. The van der Waals surface area contributed by atoms with Gasteiger partial charge in [-0.25, -0.2) is 0 Å². The molecule has 2 nitrogen and oxygen atoms in total. The number of nitrogens with zero attached hydrogens (tertiary/aromatic N) is 1. The van der Waals surface area contributed by atoms with Gasteiger partial charge in [0.05, 0.1) is 7.11 Å². The van der Waals surface area contributed by atoms with Crippen molar-refractivity contribution < 1.29 is 4.74 Å². The monoisotopic (exact) mass is 311 g/mol. The van der Waals surface area contributed by atoms with Gasteiger partial charge in [-0.15, -0.1) is 0 Å². The first-order valence-corrected chi connectivity index (χ1v) is 7.49. The molecule has 1 fully saturated rings. The molecule has 3 heteroatoms. The third-order valence-electron chi connectivity index (χ3n) is 3.97. The van der Waals surface area contributed by atoms with Crippen LogP contribution in [-0.4, -0.2) is 24.1 Å². The molecule has 0 aliphatic carbocycles. The van der Waals surface area contributed by atoms with E-state index in [1.54, 1.807) is 7.11 Å². The molecule has 2 rings (SSSR count). The lowest BCUT2D eigenvalue weighted by molar-refractivity contribution is 0.0943. The van der Waals surface area contributed by atoms with Crippen molar-refractivity contribution in [3.05, 3.63) is 28.2 Å². The largest absolute Gasteiger partial charge is 0.496 e. The minimum atomic E-state index is 0.664. The lowest BCUT2D eigenvalue weighted by Crippen LogP contribution is -2.43. The number of methoxy groups -OCH3 is 1. The normalized spacial score (nSPS) is 25.1. The third kappa shape index (κ3) is 3.07. The second-order valence-electron chi connectivity index (χ2n) is 5.26. The Labute approximate surface area is 118 Å². The minimum absolute atomic E-state index is 0.664. The molecule has 0 bridgehead atoms. The van der Waals surface area contributed by atoms with Gasteiger partial charge in [0.1, 0.15) is 5.75 Å². The highest BCUT2D eigenvalue weighted by Crippen LogP contribution is 2.29. The van der Waals surface area contributed by atoms with Crippen LogP contribution in [0.5, 0.6) is 5.75 Å². The number of hydrogen-bond donors (Lipinski definition) is 0. The second-order valence-corrected chi connectivity index (χ2v) is 6.17. The predicted molar refractivity (Wildman–Crippen MR) is 79.0 cm³/mol. The Bertz CT molecular complexity index is 397. The van der Waals surface area contributed by atoms with Crippen molar-refractivity contribution in [2.75, 3.05) is 7.11 Å². The Hall–Kier alpha value is -0.540. The molecule has 1 aromatic rings. The summed E-state index contributed by atoms with van der Waals surface area (Å²) in [7, 11) is 1.75. The molecule has 1 aromatic carbocycles. The van der Waals surface area contributed by atoms with E-state index in [0.717, 1.165) is 16.8 Å². The van der Waals surface area contributed by atoms with Crippen molar-refractivity contribution in [1.29, 1.82) is 0 Å². The zero-order valence-corrected chi connectivity index (χ0v) is 13.0. The lowest BCUT2D eigenvalue weighted by atomic mass is 9.96. The van der Waals surface area contributed by atoms with E-state index in [0.29, 0.717) is 12.1 Å². The van der Waals surface area contributed by atoms with E-state index in [-0.39, 0.29) is 0 Å². The molecular formula is C15H22BrNO. The van der Waals surface area contributed by atoms with E-state index in [1.807, 2.05) is 12.1 Å². The van der Waals surface area contributed by atoms with E-state index in [2.05, 4.69) is 40.7 Å². The van der Waals surface area contributed by atoms with Crippen LogP contribution in [0.2, 0.25) is 0 Å². The molecule has 0 spiro atoms. The summed E-state index contributed by atoms with van der Waals surface area (Å²) in [6.45, 7) is 5.64. The molecule has 0 amide bonds. The maximum Gasteiger partial charge on any atom is 0.123 e. The first kappa shape index (κ1) is 13.9. The molecular weight excluding hydrogens is 290 g/mol. The molecule has 0 N–H and O–H groups in total. The van der Waals surface area contributed by atoms with Crippen LogP contribution in [0, 0.1) is 0 Å². The summed E-state index contributed by atoms with van der Waals surface area (Å²) in [5.41, 5.74) is 1.27. The van der Waals surface area contributed by atoms with Crippen molar-refractivity contribution >= 4 is 15.9 Å². The molecule has 0 radical (unpaired) electrons. The number of piperidine rings is 1. The lowest BCUT2D eigenvalue weighted by Gasteiger charge is -2.39. The Balaban J connectivity index is 2.19. The topological polar surface area (TPSA) is 12.5 Å². The number of halogens is 1. The average molecular weight is 312 g/mol. The van der Waals surface area contributed by atoms with Crippen molar-refractivity contribution in [2.45, 2.75) is 51.7 Å². The van der Waals surface area contributed by atoms with Crippen LogP contribution in [-0.2, 0) is 6.54 Å². The zero-order chi connectivity index (χ0) is 13.1. The van der Waals surface area contributed by atoms with Crippen LogP contribution in [0.15, 0.2) is 22.7 Å². The smallest absolute Gasteiger partial charge is 0.123 e. The van der Waals surface area contributed by atoms with Gasteiger partial charge in [-0.1, -0.05) is 22.4 Å². The SMILES string of the molecule is COc1ccc(Br)cc1CN1[C@H](C)CCC[C@@H]1C. The Morgan fingerprint density at radius 2 is 1.94 bits per heavy atom. The second kappa shape index (κ2) is 6.07. The summed E-state index contributed by atoms with van der Waals surface area (Å²) in [4.78, 5) is 2.59. The minimum Gasteiger partial charge on any atom is -0.496 e. The molecule has 0 unspecified atom stereocenters. The fourth-order valence-corrected chi connectivity index (χ4v) is 3.26. The summed E-state index contributed by atoms with van der Waals surface area (Å²) in [6.07, 6.45) is 3.97. The van der Waals surface area contributed by atoms with Gasteiger partial charge in [0, 0.05) is 28.7 Å². The Morgan fingerprint density at radius 3 is 2.56 bits per heavy atom. The average Bonchev–Trinajstić information content (AvgIpc) is 2.34. The Kier molecular flexibility index (Phi) is 4.68. The number of ether oxygens (including phenoxy) is 1. The summed E-state index contributed by atoms with van der Waals surface area (Å²) < 4.78 is 6.59. The van der Waals surface area contributed by atoms with Crippen LogP contribution in [0.3, 0.4) is 0 Å². The first-order valence-electron chi connectivity index (χ1n) is 6.70. The van der Waals surface area contributed by atoms with Crippen LogP contribution in [0.4, 0.5) is 0 Å². The fourth-order valence-electron chi connectivity index (χ4n) is 2.85. The van der Waals surface area contributed by atoms with Gasteiger partial charge in [-0.3, -0.25) is 4.90 Å². The predicted octanol–water partition coefficient (Wildman–Crippen LogP) is 4.22.